The molecule has 1 aromatic carbocycles. The third kappa shape index (κ3) is 5.30. The van der Waals surface area contributed by atoms with E-state index in [1.165, 1.54) is 6.07 Å². The summed E-state index contributed by atoms with van der Waals surface area (Å²) in [6, 6.07) is 3.07. The molecule has 0 fully saturated rings. The lowest BCUT2D eigenvalue weighted by Crippen LogP contribution is -2.35. The maximum Gasteiger partial charge on any atom is 0.416 e. The predicted molar refractivity (Wildman–Crippen MR) is 69.6 cm³/mol. The minimum atomic E-state index is -4.66. The molecule has 0 unspecified atom stereocenters. The maximum absolute atomic E-state index is 12.9. The Kier molecular flexibility index (Phi) is 5.78. The largest absolute Gasteiger partial charge is 0.416 e. The summed E-state index contributed by atoms with van der Waals surface area (Å²) in [5.41, 5.74) is -1.27. The Morgan fingerprint density at radius 2 is 1.71 bits per heavy atom. The monoisotopic (exact) mass is 333 g/mol. The number of halogens is 7. The average Bonchev–Trinajstić information content (AvgIpc) is 2.35. The molecule has 0 aliphatic heterocycles. The Bertz CT molecular complexity index is 469. The van der Waals surface area contributed by atoms with Gasteiger partial charge in [-0.15, -0.1) is 11.6 Å². The Balaban J connectivity index is 3.21. The number of rotatable bonds is 5. The van der Waals surface area contributed by atoms with Crippen LogP contribution in [0.5, 0.6) is 0 Å². The highest BCUT2D eigenvalue weighted by Gasteiger charge is 2.35. The van der Waals surface area contributed by atoms with Gasteiger partial charge in [0.25, 0.3) is 0 Å². The molecule has 0 aromatic heterocycles. The average molecular weight is 334 g/mol. The van der Waals surface area contributed by atoms with Crippen LogP contribution in [-0.2, 0) is 12.1 Å². The molecule has 0 radical (unpaired) electrons. The van der Waals surface area contributed by atoms with Crippen LogP contribution >= 0.6 is 11.6 Å². The zero-order chi connectivity index (χ0) is 16.3. The number of benzene rings is 1. The Morgan fingerprint density at radius 1 is 1.10 bits per heavy atom. The van der Waals surface area contributed by atoms with Crippen LogP contribution in [0.3, 0.4) is 0 Å². The highest BCUT2D eigenvalue weighted by Crippen LogP contribution is 2.36. The van der Waals surface area contributed by atoms with Gasteiger partial charge in [-0.1, -0.05) is 13.0 Å². The molecule has 0 heterocycles. The lowest BCUT2D eigenvalue weighted by molar-refractivity contribution is -0.138. The van der Waals surface area contributed by atoms with Crippen molar-refractivity contribution >= 4 is 17.3 Å². The van der Waals surface area contributed by atoms with Crippen LogP contribution < -0.4 is 4.90 Å². The van der Waals surface area contributed by atoms with Crippen molar-refractivity contribution < 1.29 is 26.3 Å². The van der Waals surface area contributed by atoms with Gasteiger partial charge < -0.3 is 4.90 Å². The fourth-order valence-corrected chi connectivity index (χ4v) is 2.16. The zero-order valence-corrected chi connectivity index (χ0v) is 11.9. The van der Waals surface area contributed by atoms with Crippen molar-refractivity contribution in [2.24, 2.45) is 0 Å². The van der Waals surface area contributed by atoms with Gasteiger partial charge in [0.2, 0.25) is 0 Å². The van der Waals surface area contributed by atoms with E-state index in [1.54, 1.807) is 6.92 Å². The van der Waals surface area contributed by atoms with Gasteiger partial charge >= 0.3 is 12.4 Å². The van der Waals surface area contributed by atoms with Gasteiger partial charge in [0, 0.05) is 18.1 Å². The molecule has 0 bridgehead atoms. The molecular formula is C13H14ClF6N. The molecule has 120 valence electrons. The summed E-state index contributed by atoms with van der Waals surface area (Å²) in [5, 5.41) is 0. The highest BCUT2D eigenvalue weighted by atomic mass is 35.5. The summed E-state index contributed by atoms with van der Waals surface area (Å²) < 4.78 is 76.2. The quantitative estimate of drug-likeness (QED) is 0.527. The van der Waals surface area contributed by atoms with E-state index in [9.17, 15) is 26.3 Å². The maximum atomic E-state index is 12.9. The van der Waals surface area contributed by atoms with Gasteiger partial charge in [0.15, 0.2) is 0 Å². The number of hydrogen-bond acceptors (Lipinski definition) is 1. The summed E-state index contributed by atoms with van der Waals surface area (Å²) >= 11 is 5.44. The van der Waals surface area contributed by atoms with Crippen molar-refractivity contribution in [3.05, 3.63) is 29.3 Å². The van der Waals surface area contributed by atoms with Gasteiger partial charge in [-0.25, -0.2) is 0 Å². The smallest absolute Gasteiger partial charge is 0.363 e. The molecule has 1 aromatic rings. The second kappa shape index (κ2) is 6.77. The second-order valence-corrected chi connectivity index (χ2v) is 4.78. The van der Waals surface area contributed by atoms with E-state index in [0.717, 1.165) is 17.0 Å². The lowest BCUT2D eigenvalue weighted by atomic mass is 10.1. The first-order valence-corrected chi connectivity index (χ1v) is 6.69. The first-order valence-electron chi connectivity index (χ1n) is 6.16. The van der Waals surface area contributed by atoms with Crippen LogP contribution in [0.25, 0.3) is 0 Å². The molecule has 1 rings (SSSR count). The van der Waals surface area contributed by atoms with Crippen molar-refractivity contribution in [1.82, 2.24) is 0 Å². The van der Waals surface area contributed by atoms with E-state index in [0.29, 0.717) is 6.42 Å². The minimum absolute atomic E-state index is 0.0109. The molecule has 8 heteroatoms. The van der Waals surface area contributed by atoms with Gasteiger partial charge in [-0.3, -0.25) is 0 Å². The molecule has 0 saturated carbocycles. The summed E-state index contributed by atoms with van der Waals surface area (Å²) in [5.74, 6) is -0.359. The fourth-order valence-electron chi connectivity index (χ4n) is 1.93. The minimum Gasteiger partial charge on any atom is -0.363 e. The molecule has 0 saturated heterocycles. The molecular weight excluding hydrogens is 320 g/mol. The zero-order valence-electron chi connectivity index (χ0n) is 11.2. The first-order chi connectivity index (χ1) is 9.58. The van der Waals surface area contributed by atoms with E-state index in [2.05, 4.69) is 0 Å². The van der Waals surface area contributed by atoms with Crippen molar-refractivity contribution in [2.75, 3.05) is 18.0 Å². The Labute approximate surface area is 123 Å². The molecule has 0 amide bonds. The standard InChI is InChI=1S/C13H14ClF6N/c1-2-5-21(8-12(15,16)17)10-4-3-9(7-14)11(6-10)13(18,19)20/h3-4,6H,2,5,7-8H2,1H3. The molecule has 21 heavy (non-hydrogen) atoms. The first kappa shape index (κ1) is 17.9. The van der Waals surface area contributed by atoms with Crippen LogP contribution in [0.15, 0.2) is 18.2 Å². The summed E-state index contributed by atoms with van der Waals surface area (Å²) in [6.07, 6.45) is -8.76. The predicted octanol–water partition coefficient (Wildman–Crippen LogP) is 5.22. The van der Waals surface area contributed by atoms with Crippen LogP contribution in [-0.4, -0.2) is 19.3 Å². The Morgan fingerprint density at radius 3 is 2.14 bits per heavy atom. The van der Waals surface area contributed by atoms with Crippen molar-refractivity contribution in [3.63, 3.8) is 0 Å². The van der Waals surface area contributed by atoms with Crippen LogP contribution in [0, 0.1) is 0 Å². The number of alkyl halides is 7. The van der Waals surface area contributed by atoms with E-state index >= 15 is 0 Å². The summed E-state index contributed by atoms with van der Waals surface area (Å²) in [6.45, 7) is 0.372. The number of anilines is 1. The van der Waals surface area contributed by atoms with E-state index in [4.69, 9.17) is 11.6 Å². The van der Waals surface area contributed by atoms with E-state index in [-0.39, 0.29) is 23.7 Å². The van der Waals surface area contributed by atoms with Crippen LogP contribution in [0.4, 0.5) is 32.0 Å². The fraction of sp³-hybridized carbons (Fsp3) is 0.538. The van der Waals surface area contributed by atoms with E-state index < -0.39 is 24.5 Å². The van der Waals surface area contributed by atoms with Gasteiger partial charge in [0.05, 0.1) is 5.56 Å². The lowest BCUT2D eigenvalue weighted by Gasteiger charge is -2.26. The summed E-state index contributed by atoms with van der Waals surface area (Å²) in [4.78, 5) is 0.882. The third-order valence-corrected chi connectivity index (χ3v) is 3.06. The van der Waals surface area contributed by atoms with Gasteiger partial charge in [-0.05, 0) is 24.1 Å². The molecule has 0 spiro atoms. The molecule has 0 aliphatic carbocycles. The molecule has 1 nitrogen and oxygen atoms in total. The van der Waals surface area contributed by atoms with Crippen molar-refractivity contribution in [2.45, 2.75) is 31.6 Å². The van der Waals surface area contributed by atoms with Gasteiger partial charge in [0.1, 0.15) is 6.54 Å². The van der Waals surface area contributed by atoms with Gasteiger partial charge in [-0.2, -0.15) is 26.3 Å². The highest BCUT2D eigenvalue weighted by molar-refractivity contribution is 6.17. The topological polar surface area (TPSA) is 3.24 Å². The van der Waals surface area contributed by atoms with Crippen molar-refractivity contribution in [3.8, 4) is 0 Å². The molecule has 0 aliphatic rings. The molecule has 0 N–H and O–H groups in total. The second-order valence-electron chi connectivity index (χ2n) is 4.51. The normalized spacial score (nSPS) is 12.6. The molecule has 0 atom stereocenters. The number of nitrogens with zero attached hydrogens (tertiary/aromatic N) is 1. The Hall–Kier alpha value is -1.11. The van der Waals surface area contributed by atoms with Crippen LogP contribution in [0.2, 0.25) is 0 Å². The number of hydrogen-bond donors (Lipinski definition) is 0. The van der Waals surface area contributed by atoms with Crippen LogP contribution in [0.1, 0.15) is 24.5 Å². The third-order valence-electron chi connectivity index (χ3n) is 2.77. The SMILES string of the molecule is CCCN(CC(F)(F)F)c1ccc(CCl)c(C(F)(F)F)c1. The van der Waals surface area contributed by atoms with E-state index in [1.807, 2.05) is 0 Å². The summed E-state index contributed by atoms with van der Waals surface area (Å²) in [7, 11) is 0. The van der Waals surface area contributed by atoms with Crippen molar-refractivity contribution in [1.29, 1.82) is 0 Å².